The Bertz CT molecular complexity index is 209. The topological polar surface area (TPSA) is 110 Å². The minimum absolute atomic E-state index is 0.195. The van der Waals surface area contributed by atoms with E-state index >= 15 is 0 Å². The summed E-state index contributed by atoms with van der Waals surface area (Å²) in [5.74, 6) is -0.195. The third-order valence-electron chi connectivity index (χ3n) is 2.64. The van der Waals surface area contributed by atoms with Gasteiger partial charge < -0.3 is 30.3 Å². The molecule has 1 aliphatic heterocycles. The van der Waals surface area contributed by atoms with Crippen LogP contribution in [0.2, 0.25) is 0 Å². The second kappa shape index (κ2) is 4.73. The number of ether oxygens (including phenoxy) is 1. The summed E-state index contributed by atoms with van der Waals surface area (Å²) in [5.41, 5.74) is 0. The molecule has 6 atom stereocenters. The van der Waals surface area contributed by atoms with Crippen molar-refractivity contribution in [3.8, 4) is 0 Å². The maximum atomic E-state index is 9.65. The van der Waals surface area contributed by atoms with E-state index in [0.717, 1.165) is 0 Å². The number of aliphatic hydroxyl groups is 5. The predicted molar refractivity (Wildman–Crippen MR) is 49.7 cm³/mol. The lowest BCUT2D eigenvalue weighted by molar-refractivity contribution is -0.299. The summed E-state index contributed by atoms with van der Waals surface area (Å²) in [6, 6.07) is 0. The molecule has 0 aromatic rings. The molecule has 0 aliphatic carbocycles. The molecule has 15 heavy (non-hydrogen) atoms. The van der Waals surface area contributed by atoms with Gasteiger partial charge in [-0.3, -0.25) is 0 Å². The maximum Gasteiger partial charge on any atom is 0.184 e. The Labute approximate surface area is 87.7 Å². The summed E-state index contributed by atoms with van der Waals surface area (Å²) in [6.45, 7) is 3.43. The van der Waals surface area contributed by atoms with E-state index in [-0.39, 0.29) is 5.92 Å². The van der Waals surface area contributed by atoms with Crippen LogP contribution in [0.4, 0.5) is 0 Å². The SMILES string of the molecule is CC(C)C(O)C1OC(O)C(O)C(O)C1O. The van der Waals surface area contributed by atoms with Gasteiger partial charge in [0.25, 0.3) is 0 Å². The van der Waals surface area contributed by atoms with Crippen molar-refractivity contribution in [3.63, 3.8) is 0 Å². The summed E-state index contributed by atoms with van der Waals surface area (Å²) >= 11 is 0. The van der Waals surface area contributed by atoms with Crippen molar-refractivity contribution in [2.45, 2.75) is 50.7 Å². The van der Waals surface area contributed by atoms with E-state index in [2.05, 4.69) is 0 Å². The lowest BCUT2D eigenvalue weighted by Crippen LogP contribution is -2.61. The van der Waals surface area contributed by atoms with Gasteiger partial charge >= 0.3 is 0 Å². The number of hydrogen-bond donors (Lipinski definition) is 5. The molecule has 90 valence electrons. The number of rotatable bonds is 2. The first-order valence-electron chi connectivity index (χ1n) is 4.92. The average molecular weight is 222 g/mol. The smallest absolute Gasteiger partial charge is 0.184 e. The zero-order valence-corrected chi connectivity index (χ0v) is 8.69. The van der Waals surface area contributed by atoms with Gasteiger partial charge in [-0.1, -0.05) is 13.8 Å². The third-order valence-corrected chi connectivity index (χ3v) is 2.64. The van der Waals surface area contributed by atoms with Crippen molar-refractivity contribution in [2.75, 3.05) is 0 Å². The van der Waals surface area contributed by atoms with E-state index in [4.69, 9.17) is 4.74 Å². The Balaban J connectivity index is 2.74. The maximum absolute atomic E-state index is 9.65. The lowest BCUT2D eigenvalue weighted by Gasteiger charge is -2.41. The van der Waals surface area contributed by atoms with Gasteiger partial charge in [-0.25, -0.2) is 0 Å². The molecular formula is C9H18O6. The fourth-order valence-electron chi connectivity index (χ4n) is 1.55. The zero-order chi connectivity index (χ0) is 11.7. The van der Waals surface area contributed by atoms with Crippen molar-refractivity contribution in [2.24, 2.45) is 5.92 Å². The van der Waals surface area contributed by atoms with Crippen LogP contribution in [0.3, 0.4) is 0 Å². The Kier molecular flexibility index (Phi) is 4.05. The first-order chi connectivity index (χ1) is 6.86. The first kappa shape index (κ1) is 12.8. The fraction of sp³-hybridized carbons (Fsp3) is 1.00. The standard InChI is InChI=1S/C9H18O6/c1-3(2)4(10)8-6(12)5(11)7(13)9(14)15-8/h3-14H,1-2H3. The summed E-state index contributed by atoms with van der Waals surface area (Å²) in [6.07, 6.45) is -8.21. The molecule has 1 aliphatic rings. The largest absolute Gasteiger partial charge is 0.390 e. The van der Waals surface area contributed by atoms with Gasteiger partial charge in [0.15, 0.2) is 6.29 Å². The Morgan fingerprint density at radius 3 is 1.93 bits per heavy atom. The predicted octanol–water partition coefficient (Wildman–Crippen LogP) is -2.20. The molecule has 0 aromatic carbocycles. The van der Waals surface area contributed by atoms with Crippen LogP contribution in [0.1, 0.15) is 13.8 Å². The third kappa shape index (κ3) is 2.47. The Morgan fingerprint density at radius 1 is 0.933 bits per heavy atom. The van der Waals surface area contributed by atoms with E-state index < -0.39 is 36.8 Å². The van der Waals surface area contributed by atoms with Crippen LogP contribution in [-0.2, 0) is 4.74 Å². The van der Waals surface area contributed by atoms with Crippen LogP contribution in [0, 0.1) is 5.92 Å². The molecule has 0 aromatic heterocycles. The molecule has 0 amide bonds. The molecule has 1 fully saturated rings. The van der Waals surface area contributed by atoms with E-state index in [0.29, 0.717) is 0 Å². The highest BCUT2D eigenvalue weighted by Gasteiger charge is 2.46. The van der Waals surface area contributed by atoms with Crippen LogP contribution < -0.4 is 0 Å². The van der Waals surface area contributed by atoms with Crippen LogP contribution >= 0.6 is 0 Å². The Hall–Kier alpha value is -0.240. The normalized spacial score (nSPS) is 44.4. The summed E-state index contributed by atoms with van der Waals surface area (Å²) < 4.78 is 4.85. The van der Waals surface area contributed by atoms with E-state index in [1.54, 1.807) is 13.8 Å². The van der Waals surface area contributed by atoms with Crippen molar-refractivity contribution in [1.29, 1.82) is 0 Å². The highest BCUT2D eigenvalue weighted by molar-refractivity contribution is 4.92. The van der Waals surface area contributed by atoms with Crippen molar-refractivity contribution in [1.82, 2.24) is 0 Å². The second-order valence-corrected chi connectivity index (χ2v) is 4.20. The van der Waals surface area contributed by atoms with Crippen LogP contribution in [0.15, 0.2) is 0 Å². The molecule has 5 N–H and O–H groups in total. The molecule has 1 rings (SSSR count). The fourth-order valence-corrected chi connectivity index (χ4v) is 1.55. The average Bonchev–Trinajstić information content (AvgIpc) is 2.19. The van der Waals surface area contributed by atoms with Gasteiger partial charge in [0.1, 0.15) is 24.4 Å². The lowest BCUT2D eigenvalue weighted by atomic mass is 9.91. The molecule has 6 heteroatoms. The van der Waals surface area contributed by atoms with E-state index in [9.17, 15) is 25.5 Å². The highest BCUT2D eigenvalue weighted by atomic mass is 16.6. The van der Waals surface area contributed by atoms with E-state index in [1.165, 1.54) is 0 Å². The van der Waals surface area contributed by atoms with Gasteiger partial charge in [-0.05, 0) is 5.92 Å². The monoisotopic (exact) mass is 222 g/mol. The summed E-state index contributed by atoms with van der Waals surface area (Å²) in [5, 5.41) is 47.0. The van der Waals surface area contributed by atoms with Gasteiger partial charge in [-0.15, -0.1) is 0 Å². The second-order valence-electron chi connectivity index (χ2n) is 4.20. The van der Waals surface area contributed by atoms with Crippen molar-refractivity contribution in [3.05, 3.63) is 0 Å². The van der Waals surface area contributed by atoms with Crippen molar-refractivity contribution < 1.29 is 30.3 Å². The highest BCUT2D eigenvalue weighted by Crippen LogP contribution is 2.24. The van der Waals surface area contributed by atoms with Crippen molar-refractivity contribution >= 4 is 0 Å². The molecular weight excluding hydrogens is 204 g/mol. The molecule has 0 saturated carbocycles. The van der Waals surface area contributed by atoms with Gasteiger partial charge in [0.05, 0.1) is 6.10 Å². The van der Waals surface area contributed by atoms with Crippen LogP contribution in [0.5, 0.6) is 0 Å². The molecule has 0 bridgehead atoms. The first-order valence-corrected chi connectivity index (χ1v) is 4.92. The molecule has 1 heterocycles. The van der Waals surface area contributed by atoms with Gasteiger partial charge in [-0.2, -0.15) is 0 Å². The molecule has 6 unspecified atom stereocenters. The van der Waals surface area contributed by atoms with E-state index in [1.807, 2.05) is 0 Å². The Morgan fingerprint density at radius 2 is 1.47 bits per heavy atom. The molecule has 6 nitrogen and oxygen atoms in total. The summed E-state index contributed by atoms with van der Waals surface area (Å²) in [4.78, 5) is 0. The molecule has 0 radical (unpaired) electrons. The minimum Gasteiger partial charge on any atom is -0.390 e. The number of aliphatic hydroxyl groups excluding tert-OH is 5. The zero-order valence-electron chi connectivity index (χ0n) is 8.69. The van der Waals surface area contributed by atoms with Crippen LogP contribution in [-0.4, -0.2) is 62.3 Å². The van der Waals surface area contributed by atoms with Gasteiger partial charge in [0, 0.05) is 0 Å². The quantitative estimate of drug-likeness (QED) is 0.363. The minimum atomic E-state index is -1.60. The van der Waals surface area contributed by atoms with Gasteiger partial charge in [0.2, 0.25) is 0 Å². The van der Waals surface area contributed by atoms with Crippen LogP contribution in [0.25, 0.3) is 0 Å². The summed E-state index contributed by atoms with van der Waals surface area (Å²) in [7, 11) is 0. The molecule has 0 spiro atoms. The number of hydrogen-bond acceptors (Lipinski definition) is 6. The molecule has 1 saturated heterocycles.